The summed E-state index contributed by atoms with van der Waals surface area (Å²) in [6.07, 6.45) is 1.45. The fourth-order valence-corrected chi connectivity index (χ4v) is 3.01. The quantitative estimate of drug-likeness (QED) is 0.877. The Hall–Kier alpha value is -1.75. The van der Waals surface area contributed by atoms with E-state index in [1.54, 1.807) is 0 Å². The van der Waals surface area contributed by atoms with Crippen molar-refractivity contribution in [2.24, 2.45) is 5.92 Å². The zero-order valence-corrected chi connectivity index (χ0v) is 14.3. The fourth-order valence-electron chi connectivity index (χ4n) is 3.01. The number of benzene rings is 1. The molecule has 0 radical (unpaired) electrons. The van der Waals surface area contributed by atoms with Crippen LogP contribution in [-0.4, -0.2) is 41.8 Å². The molecule has 1 aromatic carbocycles. The molecule has 0 aromatic heterocycles. The molecule has 23 heavy (non-hydrogen) atoms. The van der Waals surface area contributed by atoms with Gasteiger partial charge in [0.1, 0.15) is 5.75 Å². The lowest BCUT2D eigenvalue weighted by molar-refractivity contribution is 0.0798. The number of aryl methyl sites for hydroxylation is 1. The number of amides is 2. The molecule has 1 atom stereocenters. The van der Waals surface area contributed by atoms with Crippen LogP contribution in [0.25, 0.3) is 0 Å². The molecule has 0 saturated carbocycles. The summed E-state index contributed by atoms with van der Waals surface area (Å²) in [5, 5.41) is 12.6. The van der Waals surface area contributed by atoms with Crippen molar-refractivity contribution in [2.75, 3.05) is 19.7 Å². The molecule has 5 heteroatoms. The monoisotopic (exact) mass is 320 g/mol. The van der Waals surface area contributed by atoms with E-state index in [2.05, 4.69) is 5.32 Å². The number of aliphatic hydroxyl groups excluding tert-OH is 1. The Morgan fingerprint density at radius 2 is 2.13 bits per heavy atom. The van der Waals surface area contributed by atoms with Gasteiger partial charge in [-0.15, -0.1) is 0 Å². The van der Waals surface area contributed by atoms with Crippen LogP contribution in [0.4, 0.5) is 4.79 Å². The Balaban J connectivity index is 1.82. The average Bonchev–Trinajstić information content (AvgIpc) is 2.55. The first-order valence-electron chi connectivity index (χ1n) is 8.44. The van der Waals surface area contributed by atoms with Gasteiger partial charge in [-0.25, -0.2) is 4.79 Å². The van der Waals surface area contributed by atoms with E-state index < -0.39 is 0 Å². The molecule has 0 bridgehead atoms. The van der Waals surface area contributed by atoms with E-state index in [9.17, 15) is 9.90 Å². The Morgan fingerprint density at radius 1 is 1.43 bits per heavy atom. The number of hydrogen-bond acceptors (Lipinski definition) is 3. The smallest absolute Gasteiger partial charge is 0.317 e. The number of rotatable bonds is 5. The molecule has 128 valence electrons. The highest BCUT2D eigenvalue weighted by Gasteiger charge is 2.25. The largest absolute Gasteiger partial charge is 0.494 e. The first-order chi connectivity index (χ1) is 11.0. The van der Waals surface area contributed by atoms with E-state index in [0.29, 0.717) is 32.2 Å². The first-order valence-corrected chi connectivity index (χ1v) is 8.44. The number of piperidine rings is 1. The Kier molecular flexibility index (Phi) is 6.28. The molecule has 2 rings (SSSR count). The van der Waals surface area contributed by atoms with Crippen LogP contribution in [0.1, 0.15) is 37.8 Å². The molecule has 1 aliphatic rings. The van der Waals surface area contributed by atoms with Crippen LogP contribution < -0.4 is 10.1 Å². The van der Waals surface area contributed by atoms with Crippen molar-refractivity contribution in [2.45, 2.75) is 46.3 Å². The number of urea groups is 1. The van der Waals surface area contributed by atoms with Crippen LogP contribution in [0.5, 0.6) is 5.75 Å². The summed E-state index contributed by atoms with van der Waals surface area (Å²) in [7, 11) is 0. The van der Waals surface area contributed by atoms with Crippen LogP contribution in [-0.2, 0) is 6.54 Å². The van der Waals surface area contributed by atoms with Crippen molar-refractivity contribution < 1.29 is 14.6 Å². The maximum Gasteiger partial charge on any atom is 0.317 e. The zero-order valence-electron chi connectivity index (χ0n) is 14.3. The lowest BCUT2D eigenvalue weighted by Gasteiger charge is -2.33. The molecular weight excluding hydrogens is 292 g/mol. The highest BCUT2D eigenvalue weighted by molar-refractivity contribution is 5.74. The van der Waals surface area contributed by atoms with E-state index in [1.807, 2.05) is 43.9 Å². The number of hydrogen-bond donors (Lipinski definition) is 2. The fraction of sp³-hybridized carbons (Fsp3) is 0.611. The van der Waals surface area contributed by atoms with Crippen LogP contribution in [0, 0.1) is 12.8 Å². The topological polar surface area (TPSA) is 61.8 Å². The number of nitrogens with zero attached hydrogens (tertiary/aromatic N) is 1. The molecular formula is C18H28N2O3. The summed E-state index contributed by atoms with van der Waals surface area (Å²) in [5.41, 5.74) is 2.15. The van der Waals surface area contributed by atoms with Gasteiger partial charge in [-0.1, -0.05) is 12.1 Å². The van der Waals surface area contributed by atoms with Gasteiger partial charge in [0.05, 0.1) is 12.7 Å². The van der Waals surface area contributed by atoms with Gasteiger partial charge < -0.3 is 20.1 Å². The second kappa shape index (κ2) is 8.20. The van der Waals surface area contributed by atoms with Gasteiger partial charge in [0.2, 0.25) is 0 Å². The maximum absolute atomic E-state index is 12.2. The Labute approximate surface area is 138 Å². The molecule has 1 fully saturated rings. The van der Waals surface area contributed by atoms with Gasteiger partial charge in [0.15, 0.2) is 0 Å². The molecule has 1 aliphatic heterocycles. The third-order valence-corrected chi connectivity index (χ3v) is 4.49. The summed E-state index contributed by atoms with van der Waals surface area (Å²) < 4.78 is 5.53. The van der Waals surface area contributed by atoms with Crippen LogP contribution in [0.2, 0.25) is 0 Å². The van der Waals surface area contributed by atoms with E-state index in [1.165, 1.54) is 0 Å². The van der Waals surface area contributed by atoms with E-state index in [-0.39, 0.29) is 12.1 Å². The molecule has 1 unspecified atom stereocenters. The number of carbonyl (C=O) groups excluding carboxylic acids is 1. The van der Waals surface area contributed by atoms with Gasteiger partial charge in [-0.2, -0.15) is 0 Å². The van der Waals surface area contributed by atoms with Crippen molar-refractivity contribution in [3.63, 3.8) is 0 Å². The summed E-state index contributed by atoms with van der Waals surface area (Å²) in [5.74, 6) is 1.20. The van der Waals surface area contributed by atoms with Gasteiger partial charge in [0.25, 0.3) is 0 Å². The second-order valence-corrected chi connectivity index (χ2v) is 6.26. The summed E-state index contributed by atoms with van der Waals surface area (Å²) >= 11 is 0. The number of nitrogens with one attached hydrogen (secondary N) is 1. The zero-order chi connectivity index (χ0) is 16.8. The standard InChI is InChI=1S/C18H28N2O3/c1-4-23-17-6-5-15(11-13(17)2)12-19-18(22)20-9-7-16(8-10-20)14(3)21/h5-6,11,14,16,21H,4,7-10,12H2,1-3H3,(H,19,22). The van der Waals surface area contributed by atoms with Crippen molar-refractivity contribution in [1.29, 1.82) is 0 Å². The Bertz CT molecular complexity index is 523. The van der Waals surface area contributed by atoms with Gasteiger partial charge >= 0.3 is 6.03 Å². The molecule has 2 N–H and O–H groups in total. The highest BCUT2D eigenvalue weighted by atomic mass is 16.5. The lowest BCUT2D eigenvalue weighted by atomic mass is 9.92. The third kappa shape index (κ3) is 4.86. The van der Waals surface area contributed by atoms with E-state index >= 15 is 0 Å². The van der Waals surface area contributed by atoms with Gasteiger partial charge in [-0.05, 0) is 56.7 Å². The molecule has 2 amide bonds. The number of carbonyl (C=O) groups is 1. The van der Waals surface area contributed by atoms with E-state index in [0.717, 1.165) is 29.7 Å². The third-order valence-electron chi connectivity index (χ3n) is 4.49. The maximum atomic E-state index is 12.2. The van der Waals surface area contributed by atoms with Crippen molar-refractivity contribution in [1.82, 2.24) is 10.2 Å². The SMILES string of the molecule is CCOc1ccc(CNC(=O)N2CCC(C(C)O)CC2)cc1C. The Morgan fingerprint density at radius 3 is 2.70 bits per heavy atom. The molecule has 5 nitrogen and oxygen atoms in total. The van der Waals surface area contributed by atoms with Crippen molar-refractivity contribution in [3.05, 3.63) is 29.3 Å². The minimum absolute atomic E-state index is 0.0272. The normalized spacial score (nSPS) is 17.0. The summed E-state index contributed by atoms with van der Waals surface area (Å²) in [4.78, 5) is 14.1. The number of aliphatic hydroxyl groups is 1. The molecule has 0 aliphatic carbocycles. The first kappa shape index (κ1) is 17.6. The predicted molar refractivity (Wildman–Crippen MR) is 90.6 cm³/mol. The summed E-state index contributed by atoms with van der Waals surface area (Å²) in [6.45, 7) is 8.40. The minimum Gasteiger partial charge on any atom is -0.494 e. The average molecular weight is 320 g/mol. The van der Waals surface area contributed by atoms with Crippen LogP contribution in [0.3, 0.4) is 0 Å². The molecule has 1 saturated heterocycles. The van der Waals surface area contributed by atoms with Crippen LogP contribution in [0.15, 0.2) is 18.2 Å². The molecule has 1 aromatic rings. The number of ether oxygens (including phenoxy) is 1. The van der Waals surface area contributed by atoms with Gasteiger partial charge in [0, 0.05) is 19.6 Å². The summed E-state index contributed by atoms with van der Waals surface area (Å²) in [6, 6.07) is 5.96. The van der Waals surface area contributed by atoms with E-state index in [4.69, 9.17) is 4.74 Å². The van der Waals surface area contributed by atoms with Crippen LogP contribution >= 0.6 is 0 Å². The second-order valence-electron chi connectivity index (χ2n) is 6.26. The highest BCUT2D eigenvalue weighted by Crippen LogP contribution is 2.21. The van der Waals surface area contributed by atoms with Crippen molar-refractivity contribution >= 4 is 6.03 Å². The van der Waals surface area contributed by atoms with Gasteiger partial charge in [-0.3, -0.25) is 0 Å². The minimum atomic E-state index is -0.285. The predicted octanol–water partition coefficient (Wildman–Crippen LogP) is 2.70. The number of likely N-dealkylation sites (tertiary alicyclic amines) is 1. The molecule has 1 heterocycles. The van der Waals surface area contributed by atoms with Crippen molar-refractivity contribution in [3.8, 4) is 5.75 Å². The lowest BCUT2D eigenvalue weighted by Crippen LogP contribution is -2.45. The molecule has 0 spiro atoms.